The van der Waals surface area contributed by atoms with Gasteiger partial charge in [0.2, 0.25) is 11.8 Å². The molecule has 5 nitrogen and oxygen atoms in total. The Balaban J connectivity index is 2.77. The summed E-state index contributed by atoms with van der Waals surface area (Å²) in [5.41, 5.74) is 0.337. The smallest absolute Gasteiger partial charge is 0.220 e. The van der Waals surface area contributed by atoms with Gasteiger partial charge in [-0.3, -0.25) is 9.59 Å². The van der Waals surface area contributed by atoms with Gasteiger partial charge in [0.05, 0.1) is 12.1 Å². The van der Waals surface area contributed by atoms with Gasteiger partial charge in [-0.2, -0.15) is 0 Å². The predicted octanol–water partition coefficient (Wildman–Crippen LogP) is 3.09. The molecule has 1 unspecified atom stereocenters. The van der Waals surface area contributed by atoms with E-state index in [1.54, 1.807) is 0 Å². The molecule has 1 rings (SSSR count). The molecule has 0 saturated carbocycles. The van der Waals surface area contributed by atoms with Crippen molar-refractivity contribution in [3.05, 3.63) is 35.4 Å². The number of carbonyl (C=O) groups excluding carboxylic acids is 2. The molecule has 3 N–H and O–H groups in total. The van der Waals surface area contributed by atoms with Crippen molar-refractivity contribution in [2.45, 2.75) is 78.0 Å². The molecule has 0 heterocycles. The molecule has 1 aromatic rings. The number of hydrogen-bond acceptors (Lipinski definition) is 3. The number of nitrogens with one attached hydrogen (secondary N) is 2. The van der Waals surface area contributed by atoms with E-state index in [0.717, 1.165) is 12.5 Å². The minimum Gasteiger partial charge on any atom is -0.391 e. The molecule has 158 valence electrons. The molecular formula is C21H32F2N2O3. The summed E-state index contributed by atoms with van der Waals surface area (Å²) in [6.07, 6.45) is 1.14. The van der Waals surface area contributed by atoms with Crippen molar-refractivity contribution in [2.75, 3.05) is 0 Å². The number of benzene rings is 1. The van der Waals surface area contributed by atoms with Gasteiger partial charge < -0.3 is 15.7 Å². The highest BCUT2D eigenvalue weighted by Crippen LogP contribution is 2.15. The highest BCUT2D eigenvalue weighted by Gasteiger charge is 2.25. The lowest BCUT2D eigenvalue weighted by Gasteiger charge is -2.27. The zero-order chi connectivity index (χ0) is 21.3. The van der Waals surface area contributed by atoms with Gasteiger partial charge in [-0.05, 0) is 49.3 Å². The van der Waals surface area contributed by atoms with E-state index in [1.807, 2.05) is 20.8 Å². The number of aliphatic hydroxyl groups is 1. The zero-order valence-corrected chi connectivity index (χ0v) is 17.1. The lowest BCUT2D eigenvalue weighted by atomic mass is 9.95. The van der Waals surface area contributed by atoms with Crippen molar-refractivity contribution in [1.29, 1.82) is 0 Å². The number of aliphatic hydroxyl groups excluding tert-OH is 1. The Hall–Kier alpha value is -2.02. The van der Waals surface area contributed by atoms with Crippen LogP contribution in [0.5, 0.6) is 0 Å². The van der Waals surface area contributed by atoms with Gasteiger partial charge in [-0.25, -0.2) is 8.78 Å². The minimum atomic E-state index is -0.981. The van der Waals surface area contributed by atoms with Crippen LogP contribution in [0.25, 0.3) is 0 Å². The van der Waals surface area contributed by atoms with E-state index in [1.165, 1.54) is 19.1 Å². The molecular weight excluding hydrogens is 366 g/mol. The fourth-order valence-corrected chi connectivity index (χ4v) is 3.03. The highest BCUT2D eigenvalue weighted by atomic mass is 19.1. The lowest BCUT2D eigenvalue weighted by molar-refractivity contribution is -0.123. The van der Waals surface area contributed by atoms with Crippen LogP contribution >= 0.6 is 0 Å². The third kappa shape index (κ3) is 9.26. The largest absolute Gasteiger partial charge is 0.391 e. The average molecular weight is 398 g/mol. The summed E-state index contributed by atoms with van der Waals surface area (Å²) in [6.45, 7) is 7.30. The first-order valence-electron chi connectivity index (χ1n) is 9.80. The van der Waals surface area contributed by atoms with Gasteiger partial charge in [0.25, 0.3) is 0 Å². The molecule has 28 heavy (non-hydrogen) atoms. The van der Waals surface area contributed by atoms with Gasteiger partial charge in [-0.15, -0.1) is 0 Å². The normalized spacial score (nSPS) is 14.4. The Morgan fingerprint density at radius 3 is 2.21 bits per heavy atom. The van der Waals surface area contributed by atoms with E-state index in [-0.39, 0.29) is 30.7 Å². The molecule has 0 aliphatic rings. The molecule has 0 aromatic heterocycles. The van der Waals surface area contributed by atoms with Crippen LogP contribution in [-0.4, -0.2) is 35.1 Å². The van der Waals surface area contributed by atoms with Crippen LogP contribution in [0.15, 0.2) is 18.2 Å². The summed E-state index contributed by atoms with van der Waals surface area (Å²) in [5.74, 6) is -1.43. The first kappa shape index (κ1) is 24.0. The summed E-state index contributed by atoms with van der Waals surface area (Å²) in [7, 11) is 0. The monoisotopic (exact) mass is 398 g/mol. The maximum atomic E-state index is 13.4. The Morgan fingerprint density at radius 1 is 1.11 bits per heavy atom. The van der Waals surface area contributed by atoms with Crippen LogP contribution < -0.4 is 10.6 Å². The van der Waals surface area contributed by atoms with Crippen LogP contribution in [0.1, 0.15) is 58.9 Å². The van der Waals surface area contributed by atoms with E-state index < -0.39 is 23.8 Å². The summed E-state index contributed by atoms with van der Waals surface area (Å²) in [6, 6.07) is 2.15. The number of carbonyl (C=O) groups is 2. The molecule has 0 fully saturated rings. The Kier molecular flexibility index (Phi) is 10.1. The third-order valence-electron chi connectivity index (χ3n) is 4.56. The molecule has 0 radical (unpaired) electrons. The Labute approximate surface area is 165 Å². The second-order valence-corrected chi connectivity index (χ2v) is 7.70. The first-order valence-corrected chi connectivity index (χ1v) is 9.80. The topological polar surface area (TPSA) is 78.4 Å². The molecule has 0 bridgehead atoms. The third-order valence-corrected chi connectivity index (χ3v) is 4.56. The maximum absolute atomic E-state index is 13.4. The van der Waals surface area contributed by atoms with Gasteiger partial charge in [0, 0.05) is 25.5 Å². The fraction of sp³-hybridized carbons (Fsp3) is 0.619. The van der Waals surface area contributed by atoms with Crippen LogP contribution in [0.4, 0.5) is 8.78 Å². The average Bonchev–Trinajstić information content (AvgIpc) is 2.57. The molecule has 3 atom stereocenters. The predicted molar refractivity (Wildman–Crippen MR) is 105 cm³/mol. The molecule has 0 aliphatic heterocycles. The van der Waals surface area contributed by atoms with Gasteiger partial charge >= 0.3 is 0 Å². The summed E-state index contributed by atoms with van der Waals surface area (Å²) in [4.78, 5) is 23.6. The second kappa shape index (κ2) is 11.7. The van der Waals surface area contributed by atoms with Crippen molar-refractivity contribution in [3.63, 3.8) is 0 Å². The van der Waals surface area contributed by atoms with E-state index in [4.69, 9.17) is 0 Å². The minimum absolute atomic E-state index is 0.0731. The van der Waals surface area contributed by atoms with E-state index in [9.17, 15) is 23.5 Å². The van der Waals surface area contributed by atoms with Crippen LogP contribution in [0, 0.1) is 17.6 Å². The molecule has 7 heteroatoms. The van der Waals surface area contributed by atoms with Crippen molar-refractivity contribution < 1.29 is 23.5 Å². The number of rotatable bonds is 11. The summed E-state index contributed by atoms with van der Waals surface area (Å²) >= 11 is 0. The zero-order valence-electron chi connectivity index (χ0n) is 17.1. The van der Waals surface area contributed by atoms with E-state index >= 15 is 0 Å². The lowest BCUT2D eigenvalue weighted by Crippen LogP contribution is -2.47. The SMILES string of the molecule is CCC(C[C@H](O)[C@H](Cc1cc(F)cc(F)c1)NC(C)=O)NC(=O)CCC(C)C. The molecule has 0 saturated heterocycles. The first-order chi connectivity index (χ1) is 13.1. The Morgan fingerprint density at radius 2 is 1.71 bits per heavy atom. The van der Waals surface area contributed by atoms with Crippen LogP contribution in [0.2, 0.25) is 0 Å². The molecule has 2 amide bonds. The second-order valence-electron chi connectivity index (χ2n) is 7.70. The quantitative estimate of drug-likeness (QED) is 0.536. The van der Waals surface area contributed by atoms with Crippen molar-refractivity contribution in [1.82, 2.24) is 10.6 Å². The number of halogens is 2. The van der Waals surface area contributed by atoms with Gasteiger partial charge in [0.15, 0.2) is 0 Å². The number of amides is 2. The van der Waals surface area contributed by atoms with Crippen LogP contribution in [-0.2, 0) is 16.0 Å². The van der Waals surface area contributed by atoms with E-state index in [2.05, 4.69) is 10.6 Å². The van der Waals surface area contributed by atoms with Crippen molar-refractivity contribution in [3.8, 4) is 0 Å². The van der Waals surface area contributed by atoms with Crippen molar-refractivity contribution in [2.24, 2.45) is 5.92 Å². The van der Waals surface area contributed by atoms with Gasteiger partial charge in [-0.1, -0.05) is 20.8 Å². The summed E-state index contributed by atoms with van der Waals surface area (Å²) in [5, 5.41) is 16.2. The summed E-state index contributed by atoms with van der Waals surface area (Å²) < 4.78 is 26.9. The van der Waals surface area contributed by atoms with Crippen LogP contribution in [0.3, 0.4) is 0 Å². The van der Waals surface area contributed by atoms with Gasteiger partial charge in [0.1, 0.15) is 11.6 Å². The van der Waals surface area contributed by atoms with Crippen molar-refractivity contribution >= 4 is 11.8 Å². The molecule has 0 aliphatic carbocycles. The van der Waals surface area contributed by atoms with E-state index in [0.29, 0.717) is 24.3 Å². The highest BCUT2D eigenvalue weighted by molar-refractivity contribution is 5.76. The Bertz CT molecular complexity index is 632. The maximum Gasteiger partial charge on any atom is 0.220 e. The standard InChI is InChI=1S/C21H32F2N2O3/c1-5-18(25-21(28)7-6-13(2)3)12-20(27)19(24-14(4)26)10-15-8-16(22)11-17(23)9-15/h8-9,11,13,18-20,27H,5-7,10,12H2,1-4H3,(H,24,26)(H,25,28)/t18?,19-,20-/m0/s1. The number of hydrogen-bond donors (Lipinski definition) is 3. The fourth-order valence-electron chi connectivity index (χ4n) is 3.03. The molecule has 0 spiro atoms. The molecule has 1 aromatic carbocycles.